The molecule has 0 aliphatic heterocycles. The molecule has 1 heterocycles. The third kappa shape index (κ3) is 4.73. The average Bonchev–Trinajstić information content (AvgIpc) is 2.64. The Morgan fingerprint density at radius 3 is 2.67 bits per heavy atom. The molecule has 8 heteroatoms. The fourth-order valence-electron chi connectivity index (χ4n) is 1.25. The van der Waals surface area contributed by atoms with E-state index in [1.165, 1.54) is 12.1 Å². The summed E-state index contributed by atoms with van der Waals surface area (Å²) in [7, 11) is 0.327. The van der Waals surface area contributed by atoms with Crippen molar-refractivity contribution in [3.05, 3.63) is 17.0 Å². The standard InChI is InChI=1S/C10H16N2O4S2/c1-12(2)6-5-11-18(15,16)10-4-3-8(17-10)7-9(13)14/h3-4,11H,5-7H2,1-2H3,(H,13,14). The van der Waals surface area contributed by atoms with E-state index in [1.807, 2.05) is 14.1 Å². The van der Waals surface area contributed by atoms with Gasteiger partial charge in [-0.2, -0.15) is 0 Å². The Morgan fingerprint density at radius 2 is 2.11 bits per heavy atom. The molecule has 1 aromatic rings. The molecular weight excluding hydrogens is 276 g/mol. The van der Waals surface area contributed by atoms with E-state index in [0.29, 0.717) is 18.0 Å². The Hall–Kier alpha value is -0.960. The number of hydrogen-bond donors (Lipinski definition) is 2. The third-order valence-corrected chi connectivity index (χ3v) is 5.18. The van der Waals surface area contributed by atoms with Crippen LogP contribution in [-0.4, -0.2) is 41.6 Å². The minimum atomic E-state index is -3.53. The lowest BCUT2D eigenvalue weighted by molar-refractivity contribution is -0.856. The SMILES string of the molecule is C[NH+](C)CCNS(=O)(=O)c1ccc(CC(=O)[O-])s1. The fourth-order valence-corrected chi connectivity index (χ4v) is 3.66. The highest BCUT2D eigenvalue weighted by atomic mass is 32.2. The first-order valence-corrected chi connectivity index (χ1v) is 7.68. The van der Waals surface area contributed by atoms with Crippen LogP contribution < -0.4 is 14.7 Å². The van der Waals surface area contributed by atoms with Crippen molar-refractivity contribution in [2.75, 3.05) is 27.2 Å². The second-order valence-corrected chi connectivity index (χ2v) is 7.29. The molecule has 0 atom stereocenters. The van der Waals surface area contributed by atoms with Crippen molar-refractivity contribution in [2.45, 2.75) is 10.6 Å². The lowest BCUT2D eigenvalue weighted by atomic mass is 10.3. The molecule has 0 aromatic carbocycles. The molecule has 0 amide bonds. The molecule has 0 bridgehead atoms. The molecule has 0 spiro atoms. The van der Waals surface area contributed by atoms with Crippen molar-refractivity contribution >= 4 is 27.3 Å². The van der Waals surface area contributed by atoms with Gasteiger partial charge in [0.05, 0.1) is 27.2 Å². The Balaban J connectivity index is 2.67. The zero-order chi connectivity index (χ0) is 13.8. The lowest BCUT2D eigenvalue weighted by Crippen LogP contribution is -3.06. The van der Waals surface area contributed by atoms with E-state index < -0.39 is 16.0 Å². The van der Waals surface area contributed by atoms with Gasteiger partial charge in [-0.05, 0) is 12.1 Å². The second-order valence-electron chi connectivity index (χ2n) is 4.12. The fraction of sp³-hybridized carbons (Fsp3) is 0.500. The number of carbonyl (C=O) groups is 1. The highest BCUT2D eigenvalue weighted by molar-refractivity contribution is 7.91. The van der Waals surface area contributed by atoms with E-state index in [9.17, 15) is 18.3 Å². The Bertz CT molecular complexity index is 508. The molecule has 2 N–H and O–H groups in total. The Labute approximate surface area is 110 Å². The molecule has 0 saturated carbocycles. The minimum Gasteiger partial charge on any atom is -0.550 e. The van der Waals surface area contributed by atoms with Crippen LogP contribution in [0.1, 0.15) is 4.88 Å². The molecule has 1 rings (SSSR count). The lowest BCUT2D eigenvalue weighted by Gasteiger charge is -2.08. The molecule has 0 radical (unpaired) electrons. The number of nitrogens with one attached hydrogen (secondary N) is 2. The van der Waals surface area contributed by atoms with Gasteiger partial charge in [-0.15, -0.1) is 11.3 Å². The number of rotatable bonds is 7. The summed E-state index contributed by atoms with van der Waals surface area (Å²) in [5, 5.41) is 10.4. The molecule has 0 aliphatic carbocycles. The maximum Gasteiger partial charge on any atom is 0.250 e. The van der Waals surface area contributed by atoms with Crippen LogP contribution in [0.3, 0.4) is 0 Å². The number of thiophene rings is 1. The van der Waals surface area contributed by atoms with Gasteiger partial charge in [0.25, 0.3) is 0 Å². The van der Waals surface area contributed by atoms with Crippen molar-refractivity contribution in [1.82, 2.24) is 4.72 Å². The van der Waals surface area contributed by atoms with Crippen LogP contribution in [0.25, 0.3) is 0 Å². The van der Waals surface area contributed by atoms with Crippen LogP contribution in [0.2, 0.25) is 0 Å². The van der Waals surface area contributed by atoms with Crippen molar-refractivity contribution in [2.24, 2.45) is 0 Å². The van der Waals surface area contributed by atoms with Gasteiger partial charge >= 0.3 is 0 Å². The predicted molar refractivity (Wildman–Crippen MR) is 65.9 cm³/mol. The largest absolute Gasteiger partial charge is 0.550 e. The summed E-state index contributed by atoms with van der Waals surface area (Å²) in [6.07, 6.45) is -0.262. The summed E-state index contributed by atoms with van der Waals surface area (Å²) >= 11 is 0.949. The second kappa shape index (κ2) is 6.28. The minimum absolute atomic E-state index is 0.132. The monoisotopic (exact) mass is 292 g/mol. The maximum atomic E-state index is 11.8. The van der Waals surface area contributed by atoms with E-state index in [1.54, 1.807) is 0 Å². The van der Waals surface area contributed by atoms with Crippen molar-refractivity contribution in [3.63, 3.8) is 0 Å². The van der Waals surface area contributed by atoms with Gasteiger partial charge in [-0.3, -0.25) is 0 Å². The van der Waals surface area contributed by atoms with Gasteiger partial charge in [0.1, 0.15) is 4.21 Å². The topological polar surface area (TPSA) is 90.7 Å². The summed E-state index contributed by atoms with van der Waals surface area (Å²) in [5.41, 5.74) is 0. The Kier molecular flexibility index (Phi) is 5.27. The van der Waals surface area contributed by atoms with Gasteiger partial charge in [-0.1, -0.05) is 0 Å². The van der Waals surface area contributed by atoms with Crippen molar-refractivity contribution in [3.8, 4) is 0 Å². The number of likely N-dealkylation sites (N-methyl/N-ethyl adjacent to an activating group) is 1. The summed E-state index contributed by atoms with van der Waals surface area (Å²) in [5.74, 6) is -1.22. The molecule has 0 aliphatic rings. The zero-order valence-corrected chi connectivity index (χ0v) is 11.9. The predicted octanol–water partition coefficient (Wildman–Crippen LogP) is -2.54. The van der Waals surface area contributed by atoms with Gasteiger partial charge < -0.3 is 14.8 Å². The van der Waals surface area contributed by atoms with E-state index in [2.05, 4.69) is 4.72 Å². The molecule has 0 unspecified atom stereocenters. The van der Waals surface area contributed by atoms with Crippen LogP contribution in [0.5, 0.6) is 0 Å². The first kappa shape index (κ1) is 15.1. The molecule has 102 valence electrons. The number of hydrogen-bond acceptors (Lipinski definition) is 5. The van der Waals surface area contributed by atoms with Gasteiger partial charge in [0.2, 0.25) is 10.0 Å². The third-order valence-electron chi connectivity index (χ3n) is 2.14. The van der Waals surface area contributed by atoms with E-state index in [4.69, 9.17) is 0 Å². The highest BCUT2D eigenvalue weighted by Gasteiger charge is 2.16. The highest BCUT2D eigenvalue weighted by Crippen LogP contribution is 2.21. The maximum absolute atomic E-state index is 11.8. The average molecular weight is 292 g/mol. The van der Waals surface area contributed by atoms with Crippen LogP contribution in [0.4, 0.5) is 0 Å². The molecule has 0 fully saturated rings. The number of sulfonamides is 1. The summed E-state index contributed by atoms with van der Waals surface area (Å²) < 4.78 is 26.3. The van der Waals surface area contributed by atoms with Crippen LogP contribution in [0, 0.1) is 0 Å². The zero-order valence-electron chi connectivity index (χ0n) is 10.2. The molecule has 0 saturated heterocycles. The van der Waals surface area contributed by atoms with Crippen molar-refractivity contribution in [1.29, 1.82) is 0 Å². The number of carbonyl (C=O) groups excluding carboxylic acids is 1. The van der Waals surface area contributed by atoms with Gasteiger partial charge in [0.15, 0.2) is 0 Å². The molecule has 1 aromatic heterocycles. The van der Waals surface area contributed by atoms with E-state index in [-0.39, 0.29) is 10.6 Å². The molecule has 18 heavy (non-hydrogen) atoms. The number of carboxylic acids is 1. The smallest absolute Gasteiger partial charge is 0.250 e. The number of aliphatic carboxylic acids is 1. The molecular formula is C10H16N2O4S2. The molecule has 6 nitrogen and oxygen atoms in total. The first-order chi connectivity index (χ1) is 8.31. The van der Waals surface area contributed by atoms with Crippen LogP contribution >= 0.6 is 11.3 Å². The van der Waals surface area contributed by atoms with Gasteiger partial charge in [-0.25, -0.2) is 13.1 Å². The number of carboxylic acid groups (broad SMARTS) is 1. The van der Waals surface area contributed by atoms with Gasteiger partial charge in [0, 0.05) is 17.3 Å². The quantitative estimate of drug-likeness (QED) is 0.579. The number of quaternary nitrogens is 1. The Morgan fingerprint density at radius 1 is 1.44 bits per heavy atom. The normalized spacial score (nSPS) is 11.9. The van der Waals surface area contributed by atoms with Crippen molar-refractivity contribution < 1.29 is 23.2 Å². The van der Waals surface area contributed by atoms with Crippen LogP contribution in [0.15, 0.2) is 16.3 Å². The van der Waals surface area contributed by atoms with Crippen LogP contribution in [-0.2, 0) is 21.2 Å². The summed E-state index contributed by atoms with van der Waals surface area (Å²) in [4.78, 5) is 12.0. The summed E-state index contributed by atoms with van der Waals surface area (Å²) in [6.45, 7) is 1.02. The van der Waals surface area contributed by atoms with E-state index >= 15 is 0 Å². The first-order valence-electron chi connectivity index (χ1n) is 5.38. The summed E-state index contributed by atoms with van der Waals surface area (Å²) in [6, 6.07) is 2.90. The van der Waals surface area contributed by atoms with E-state index in [0.717, 1.165) is 16.2 Å².